The van der Waals surface area contributed by atoms with Gasteiger partial charge in [0, 0.05) is 0 Å². The predicted octanol–water partition coefficient (Wildman–Crippen LogP) is 2.83. The van der Waals surface area contributed by atoms with Crippen molar-refractivity contribution in [2.75, 3.05) is 0 Å². The number of carbonyl (C=O) groups is 2. The topological polar surface area (TPSA) is 66.4 Å². The lowest BCUT2D eigenvalue weighted by Gasteiger charge is -2.29. The van der Waals surface area contributed by atoms with Crippen molar-refractivity contribution in [3.8, 4) is 0 Å². The van der Waals surface area contributed by atoms with Crippen molar-refractivity contribution in [2.45, 2.75) is 57.4 Å². The van der Waals surface area contributed by atoms with Crippen LogP contribution >= 0.6 is 0 Å². The molecule has 2 N–H and O–H groups in total. The van der Waals surface area contributed by atoms with E-state index in [9.17, 15) is 14.7 Å². The van der Waals surface area contributed by atoms with Crippen LogP contribution in [0, 0.1) is 6.92 Å². The average molecular weight is 289 g/mol. The molecule has 0 aliphatic heterocycles. The van der Waals surface area contributed by atoms with Crippen LogP contribution in [0.15, 0.2) is 24.3 Å². The van der Waals surface area contributed by atoms with Gasteiger partial charge in [-0.05, 0) is 25.3 Å². The summed E-state index contributed by atoms with van der Waals surface area (Å²) in [5.74, 6) is -1.11. The molecule has 114 valence electrons. The molecule has 21 heavy (non-hydrogen) atoms. The molecule has 1 aliphatic carbocycles. The molecule has 1 saturated carbocycles. The third-order valence-corrected chi connectivity index (χ3v) is 4.23. The first-order valence-electron chi connectivity index (χ1n) is 7.62. The van der Waals surface area contributed by atoms with E-state index in [0.29, 0.717) is 12.8 Å². The number of nitrogens with one attached hydrogen (secondary N) is 1. The maximum Gasteiger partial charge on any atom is 0.329 e. The Labute approximate surface area is 125 Å². The Morgan fingerprint density at radius 1 is 1.10 bits per heavy atom. The van der Waals surface area contributed by atoms with Crippen LogP contribution in [0.5, 0.6) is 0 Å². The lowest BCUT2D eigenvalue weighted by molar-refractivity contribution is -0.148. The number of aryl methyl sites for hydroxylation is 1. The van der Waals surface area contributed by atoms with Gasteiger partial charge in [0.2, 0.25) is 5.91 Å². The predicted molar refractivity (Wildman–Crippen MR) is 81.1 cm³/mol. The molecule has 0 aromatic heterocycles. The van der Waals surface area contributed by atoms with Gasteiger partial charge in [0.15, 0.2) is 0 Å². The van der Waals surface area contributed by atoms with E-state index in [1.54, 1.807) is 0 Å². The fraction of sp³-hybridized carbons (Fsp3) is 0.529. The summed E-state index contributed by atoms with van der Waals surface area (Å²) in [6.45, 7) is 1.99. The molecule has 0 spiro atoms. The average Bonchev–Trinajstić information content (AvgIpc) is 2.68. The van der Waals surface area contributed by atoms with E-state index >= 15 is 0 Å². The zero-order valence-corrected chi connectivity index (χ0v) is 12.5. The van der Waals surface area contributed by atoms with Gasteiger partial charge in [-0.1, -0.05) is 55.5 Å². The van der Waals surface area contributed by atoms with Crippen LogP contribution < -0.4 is 5.32 Å². The minimum absolute atomic E-state index is 0.205. The van der Waals surface area contributed by atoms with Gasteiger partial charge in [0.05, 0.1) is 6.42 Å². The first kappa shape index (κ1) is 15.5. The Hall–Kier alpha value is -1.84. The highest BCUT2D eigenvalue weighted by molar-refractivity contribution is 5.88. The van der Waals surface area contributed by atoms with Crippen LogP contribution in [0.25, 0.3) is 0 Å². The molecule has 1 amide bonds. The lowest BCUT2D eigenvalue weighted by atomic mass is 9.90. The monoisotopic (exact) mass is 289 g/mol. The highest BCUT2D eigenvalue weighted by Crippen LogP contribution is 2.27. The number of benzene rings is 1. The van der Waals surface area contributed by atoms with Gasteiger partial charge in [0.25, 0.3) is 0 Å². The zero-order valence-electron chi connectivity index (χ0n) is 12.5. The Bertz CT molecular complexity index is 499. The van der Waals surface area contributed by atoms with Crippen LogP contribution in [0.1, 0.15) is 49.7 Å². The van der Waals surface area contributed by atoms with Gasteiger partial charge >= 0.3 is 5.97 Å². The van der Waals surface area contributed by atoms with Crippen LogP contribution in [-0.2, 0) is 16.0 Å². The number of aliphatic carboxylic acids is 1. The molecule has 0 radical (unpaired) electrons. The number of amides is 1. The van der Waals surface area contributed by atoms with Gasteiger partial charge in [0.1, 0.15) is 5.54 Å². The highest BCUT2D eigenvalue weighted by Gasteiger charge is 2.39. The molecule has 1 aromatic rings. The van der Waals surface area contributed by atoms with Crippen LogP contribution in [0.4, 0.5) is 0 Å². The van der Waals surface area contributed by atoms with Crippen molar-refractivity contribution >= 4 is 11.9 Å². The van der Waals surface area contributed by atoms with Crippen molar-refractivity contribution in [1.29, 1.82) is 0 Å². The number of carbonyl (C=O) groups excluding carboxylic acids is 1. The molecule has 0 heterocycles. The Morgan fingerprint density at radius 2 is 1.67 bits per heavy atom. The first-order valence-corrected chi connectivity index (χ1v) is 7.62. The van der Waals surface area contributed by atoms with Crippen molar-refractivity contribution in [2.24, 2.45) is 0 Å². The van der Waals surface area contributed by atoms with Crippen LogP contribution in [-0.4, -0.2) is 22.5 Å². The summed E-state index contributed by atoms with van der Waals surface area (Å²) >= 11 is 0. The van der Waals surface area contributed by atoms with Gasteiger partial charge in [-0.2, -0.15) is 0 Å². The SMILES string of the molecule is Cc1ccc(CC(=O)NC2(C(=O)O)CCCCCC2)cc1. The third-order valence-electron chi connectivity index (χ3n) is 4.23. The third kappa shape index (κ3) is 4.06. The summed E-state index contributed by atoms with van der Waals surface area (Å²) < 4.78 is 0. The normalized spacial score (nSPS) is 17.8. The molecule has 0 saturated heterocycles. The van der Waals surface area contributed by atoms with E-state index in [4.69, 9.17) is 0 Å². The van der Waals surface area contributed by atoms with Crippen molar-refractivity contribution in [3.63, 3.8) is 0 Å². The summed E-state index contributed by atoms with van der Waals surface area (Å²) in [4.78, 5) is 23.9. The molecule has 0 atom stereocenters. The minimum atomic E-state index is -1.07. The molecule has 0 bridgehead atoms. The fourth-order valence-corrected chi connectivity index (χ4v) is 2.93. The Balaban J connectivity index is 2.04. The number of carboxylic acids is 1. The van der Waals surface area contributed by atoms with E-state index in [-0.39, 0.29) is 12.3 Å². The van der Waals surface area contributed by atoms with Crippen LogP contribution in [0.3, 0.4) is 0 Å². The first-order chi connectivity index (χ1) is 10.0. The smallest absolute Gasteiger partial charge is 0.329 e. The fourth-order valence-electron chi connectivity index (χ4n) is 2.93. The minimum Gasteiger partial charge on any atom is -0.480 e. The number of hydrogen-bond acceptors (Lipinski definition) is 2. The molecule has 0 unspecified atom stereocenters. The standard InChI is InChI=1S/C17H23NO3/c1-13-6-8-14(9-7-13)12-15(19)18-17(16(20)21)10-4-2-3-5-11-17/h6-9H,2-5,10-12H2,1H3,(H,18,19)(H,20,21). The quantitative estimate of drug-likeness (QED) is 0.838. The zero-order chi connectivity index (χ0) is 15.3. The Kier molecular flexibility index (Phi) is 4.99. The van der Waals surface area contributed by atoms with Crippen molar-refractivity contribution in [3.05, 3.63) is 35.4 Å². The maximum atomic E-state index is 12.2. The molecular weight excluding hydrogens is 266 g/mol. The second kappa shape index (κ2) is 6.74. The second-order valence-corrected chi connectivity index (χ2v) is 6.01. The van der Waals surface area contributed by atoms with E-state index < -0.39 is 11.5 Å². The molecule has 2 rings (SSSR count). The van der Waals surface area contributed by atoms with Gasteiger partial charge in [-0.25, -0.2) is 4.79 Å². The van der Waals surface area contributed by atoms with E-state index in [1.165, 1.54) is 0 Å². The highest BCUT2D eigenvalue weighted by atomic mass is 16.4. The molecule has 1 fully saturated rings. The molecular formula is C17H23NO3. The number of rotatable bonds is 4. The second-order valence-electron chi connectivity index (χ2n) is 6.01. The molecule has 1 aliphatic rings. The molecule has 4 nitrogen and oxygen atoms in total. The van der Waals surface area contributed by atoms with Gasteiger partial charge in [-0.15, -0.1) is 0 Å². The van der Waals surface area contributed by atoms with E-state index in [2.05, 4.69) is 5.32 Å². The largest absolute Gasteiger partial charge is 0.480 e. The summed E-state index contributed by atoms with van der Waals surface area (Å²) in [6, 6.07) is 7.74. The number of hydrogen-bond donors (Lipinski definition) is 2. The molecule has 1 aromatic carbocycles. The van der Waals surface area contributed by atoms with Gasteiger partial charge in [-0.3, -0.25) is 4.79 Å². The summed E-state index contributed by atoms with van der Waals surface area (Å²) in [5, 5.41) is 12.3. The van der Waals surface area contributed by atoms with Gasteiger partial charge < -0.3 is 10.4 Å². The van der Waals surface area contributed by atoms with E-state index in [1.807, 2.05) is 31.2 Å². The summed E-state index contributed by atoms with van der Waals surface area (Å²) in [6.07, 6.45) is 5.10. The van der Waals surface area contributed by atoms with Crippen molar-refractivity contribution < 1.29 is 14.7 Å². The lowest BCUT2D eigenvalue weighted by Crippen LogP contribution is -2.54. The maximum absolute atomic E-state index is 12.2. The Morgan fingerprint density at radius 3 is 2.19 bits per heavy atom. The van der Waals surface area contributed by atoms with Crippen LogP contribution in [0.2, 0.25) is 0 Å². The summed E-state index contributed by atoms with van der Waals surface area (Å²) in [5.41, 5.74) is 0.982. The number of carboxylic acid groups (broad SMARTS) is 1. The molecule has 4 heteroatoms. The van der Waals surface area contributed by atoms with Crippen molar-refractivity contribution in [1.82, 2.24) is 5.32 Å². The summed E-state index contributed by atoms with van der Waals surface area (Å²) in [7, 11) is 0. The van der Waals surface area contributed by atoms with E-state index in [0.717, 1.165) is 36.8 Å².